The molecule has 11 bridgehead atoms. The van der Waals surface area contributed by atoms with E-state index in [0.717, 1.165) is 64.9 Å². The molecular formula is C84H96Cl2N10O26. The third-order valence-corrected chi connectivity index (χ3v) is 23.3. The third kappa shape index (κ3) is 18.8. The summed E-state index contributed by atoms with van der Waals surface area (Å²) >= 11 is 14.7. The molecule has 0 aliphatic carbocycles. The predicted molar refractivity (Wildman–Crippen MR) is 432 cm³/mol. The molecule has 0 radical (unpaired) electrons. The van der Waals surface area contributed by atoms with E-state index in [4.69, 9.17) is 72.6 Å². The number of aliphatic carboxylic acids is 1. The van der Waals surface area contributed by atoms with Gasteiger partial charge in [-0.1, -0.05) is 97.7 Å². The molecule has 0 aromatic heterocycles. The topological polar surface area (TPSA) is 561 Å². The van der Waals surface area contributed by atoms with Crippen molar-refractivity contribution in [2.24, 2.45) is 17.4 Å². The van der Waals surface area contributed by atoms with Crippen LogP contribution in [0, 0.1) is 5.92 Å². The molecule has 0 unspecified atom stereocenters. The number of nitrogens with two attached hydrogens (primary N) is 2. The van der Waals surface area contributed by atoms with Crippen LogP contribution in [0.15, 0.2) is 121 Å². The number of hydrogen-bond acceptors (Lipinski definition) is 28. The number of carboxylic acid groups (broad SMARTS) is 1. The maximum Gasteiger partial charge on any atom is 0.330 e. The summed E-state index contributed by atoms with van der Waals surface area (Å²) in [6, 6.07) is 13.1. The Labute approximate surface area is 707 Å². The number of ether oxygens (including phenoxy) is 8. The van der Waals surface area contributed by atoms with E-state index in [1.54, 1.807) is 13.8 Å². The van der Waals surface area contributed by atoms with Crippen molar-refractivity contribution in [3.63, 3.8) is 0 Å². The van der Waals surface area contributed by atoms with Crippen LogP contribution in [0.3, 0.4) is 0 Å². The van der Waals surface area contributed by atoms with Crippen molar-refractivity contribution in [1.82, 2.24) is 42.5 Å². The fourth-order valence-electron chi connectivity index (χ4n) is 16.1. The van der Waals surface area contributed by atoms with E-state index in [1.807, 2.05) is 56.3 Å². The van der Waals surface area contributed by atoms with Crippen LogP contribution < -0.4 is 68.2 Å². The van der Waals surface area contributed by atoms with Crippen LogP contribution in [-0.2, 0) is 68.6 Å². The first-order valence-corrected chi connectivity index (χ1v) is 40.1. The monoisotopic (exact) mass is 1730 g/mol. The maximum atomic E-state index is 16.5. The number of likely N-dealkylation sites (N-methyl/N-ethyl adjacent to an activating group) is 1. The summed E-state index contributed by atoms with van der Waals surface area (Å²) < 4.78 is 52.9. The molecule has 7 amide bonds. The number of benzene rings is 7. The van der Waals surface area contributed by atoms with Crippen molar-refractivity contribution in [2.75, 3.05) is 13.7 Å². The zero-order valence-electron chi connectivity index (χ0n) is 66.8. The number of fused-ring (bicyclic) bond motifs is 16. The third-order valence-electron chi connectivity index (χ3n) is 22.7. The molecule has 652 valence electrons. The summed E-state index contributed by atoms with van der Waals surface area (Å²) in [5, 5.41) is 139. The number of phenols is 3. The molecular weight excluding hydrogens is 1640 g/mol. The van der Waals surface area contributed by atoms with Gasteiger partial charge in [0, 0.05) is 53.2 Å². The van der Waals surface area contributed by atoms with Gasteiger partial charge in [-0.3, -0.25) is 33.6 Å². The average molecular weight is 1730 g/mol. The molecule has 38 heteroatoms. The van der Waals surface area contributed by atoms with E-state index in [1.165, 1.54) is 51.2 Å². The molecule has 36 nitrogen and oxygen atoms in total. The van der Waals surface area contributed by atoms with Gasteiger partial charge in [-0.25, -0.2) is 4.79 Å². The SMILES string of the molecule is CN[C@H](CC(C)C)C(=O)N[C@H]1C(=O)N[C@@H](CC(N)=O)C(=O)N[C@H]2C(=O)N[C@H]3C(=O)N[C@H](C(=O)N[C@H](C(=O)O)c4cc(O)cc(O)c4-c4cc3ccc4O)[C@H](O[C@H]3C[C@](C)(N)[C@@H](O)[C@H](C)O3)c3ccc(c(Cl)c3)Oc3cc2cc(c3O[C@@H]2O[C@H](CO)[C@@H](O)[C@H](O)[C@H]2O[C@H]2C[C@](C)(NCc3cccc4ccccc34)[C@@H](O)[C@H](C)O2)Oc2ccc(cc2Cl)[C@H]1O. The number of rotatable bonds is 18. The van der Waals surface area contributed by atoms with Gasteiger partial charge in [0.1, 0.15) is 89.5 Å². The second-order valence-corrected chi connectivity index (χ2v) is 33.0. The first kappa shape index (κ1) is 89.1. The van der Waals surface area contributed by atoms with Crippen molar-refractivity contribution in [3.05, 3.63) is 165 Å². The summed E-state index contributed by atoms with van der Waals surface area (Å²) in [6.45, 7) is 9.13. The van der Waals surface area contributed by atoms with Gasteiger partial charge in [-0.15, -0.1) is 0 Å². The summed E-state index contributed by atoms with van der Waals surface area (Å²) in [5.74, 6) is -16.1. The number of phenolic OH excluding ortho intramolecular Hbond substituents is 3. The highest BCUT2D eigenvalue weighted by Gasteiger charge is 2.53. The first-order valence-electron chi connectivity index (χ1n) is 39.3. The molecule has 122 heavy (non-hydrogen) atoms. The summed E-state index contributed by atoms with van der Waals surface area (Å²) in [4.78, 5) is 121. The Morgan fingerprint density at radius 2 is 1.28 bits per heavy atom. The predicted octanol–water partition coefficient (Wildman–Crippen LogP) is 3.33. The summed E-state index contributed by atoms with van der Waals surface area (Å²) in [6.07, 6.45) is -22.8. The van der Waals surface area contributed by atoms with E-state index in [9.17, 15) is 65.4 Å². The Balaban J connectivity index is 1.03. The second kappa shape index (κ2) is 36.4. The maximum absolute atomic E-state index is 16.5. The number of aliphatic hydroxyl groups is 6. The Morgan fingerprint density at radius 1 is 0.656 bits per heavy atom. The largest absolute Gasteiger partial charge is 0.508 e. The first-order chi connectivity index (χ1) is 57.8. The van der Waals surface area contributed by atoms with Crippen molar-refractivity contribution in [1.29, 1.82) is 0 Å². The van der Waals surface area contributed by atoms with Crippen LogP contribution in [0.1, 0.15) is 131 Å². The number of primary amides is 1. The molecule has 7 aromatic carbocycles. The highest BCUT2D eigenvalue weighted by molar-refractivity contribution is 6.32. The lowest BCUT2D eigenvalue weighted by Crippen LogP contribution is -2.65. The van der Waals surface area contributed by atoms with Gasteiger partial charge < -0.3 is 143 Å². The van der Waals surface area contributed by atoms with Crippen molar-refractivity contribution in [2.45, 2.75) is 207 Å². The lowest BCUT2D eigenvalue weighted by atomic mass is 9.84. The highest BCUT2D eigenvalue weighted by atomic mass is 35.5. The lowest BCUT2D eigenvalue weighted by Gasteiger charge is -2.48. The van der Waals surface area contributed by atoms with Crippen molar-refractivity contribution < 1.29 is 127 Å². The van der Waals surface area contributed by atoms with Crippen LogP contribution >= 0.6 is 23.2 Å². The molecule has 15 rings (SSSR count). The molecule has 22 N–H and O–H groups in total. The van der Waals surface area contributed by atoms with Gasteiger partial charge in [-0.2, -0.15) is 0 Å². The minimum atomic E-state index is -2.39. The van der Waals surface area contributed by atoms with Gasteiger partial charge in [0.2, 0.25) is 53.4 Å². The molecule has 0 saturated carbocycles. The van der Waals surface area contributed by atoms with Crippen LogP contribution in [0.25, 0.3) is 21.9 Å². The highest BCUT2D eigenvalue weighted by Crippen LogP contribution is 2.51. The van der Waals surface area contributed by atoms with Gasteiger partial charge in [-0.05, 0) is 140 Å². The number of nitrogens with one attached hydrogen (secondary N) is 8. The lowest BCUT2D eigenvalue weighted by molar-refractivity contribution is -0.334. The molecule has 8 heterocycles. The quantitative estimate of drug-likeness (QED) is 0.0586. The zero-order chi connectivity index (χ0) is 88.0. The Bertz CT molecular complexity index is 5180. The van der Waals surface area contributed by atoms with Gasteiger partial charge in [0.25, 0.3) is 0 Å². The fraction of sp³-hybridized carbons (Fsp3) is 0.429. The number of carbonyl (C=O) groups excluding carboxylic acids is 7. The smallest absolute Gasteiger partial charge is 0.330 e. The van der Waals surface area contributed by atoms with Crippen LogP contribution in [0.2, 0.25) is 10.0 Å². The molecule has 8 aliphatic heterocycles. The summed E-state index contributed by atoms with van der Waals surface area (Å²) in [7, 11) is 1.48. The van der Waals surface area contributed by atoms with E-state index in [0.29, 0.717) is 0 Å². The van der Waals surface area contributed by atoms with Crippen LogP contribution in [0.4, 0.5) is 0 Å². The number of carboxylic acids is 1. The number of aliphatic hydroxyl groups excluding tert-OH is 6. The van der Waals surface area contributed by atoms with Crippen molar-refractivity contribution >= 4 is 81.3 Å². The molecule has 0 spiro atoms. The van der Waals surface area contributed by atoms with E-state index in [-0.39, 0.29) is 59.2 Å². The van der Waals surface area contributed by atoms with Gasteiger partial charge in [0.05, 0.1) is 53.5 Å². The van der Waals surface area contributed by atoms with E-state index >= 15 is 24.0 Å². The normalized spacial score (nSPS) is 30.2. The molecule has 7 aromatic rings. The van der Waals surface area contributed by atoms with Gasteiger partial charge >= 0.3 is 5.97 Å². The average Bonchev–Trinajstić information content (AvgIpc) is 0.760. The Hall–Kier alpha value is -10.6. The molecule has 3 fully saturated rings. The van der Waals surface area contributed by atoms with E-state index in [2.05, 4.69) is 42.5 Å². The number of carbonyl (C=O) groups is 8. The molecule has 22 atom stereocenters. The van der Waals surface area contributed by atoms with E-state index < -0.39 is 261 Å². The number of aromatic hydroxyl groups is 3. The zero-order valence-corrected chi connectivity index (χ0v) is 68.3. The number of amides is 7. The second-order valence-electron chi connectivity index (χ2n) is 32.2. The number of hydrogen-bond donors (Lipinski definition) is 20. The fourth-order valence-corrected chi connectivity index (χ4v) is 16.6. The Kier molecular flexibility index (Phi) is 26.6. The minimum Gasteiger partial charge on any atom is -0.508 e. The Morgan fingerprint density at radius 3 is 1.93 bits per heavy atom. The minimum absolute atomic E-state index is 0.116. The standard InChI is InChI=1S/C84H96Cl2N10O26/c1-34(2)21-49(89-7)75(107)95-65-67(102)39-16-19-53(47(85)23-39)117-55-25-42-26-56(71(55)122-82-72(69(104)68(103)57(33-97)119-82)121-60-31-84(6,74(106)36(4)116-60)90-32-41-13-10-12-37-11-8-9-14-44(37)41)118-54-20-17-40(24-48(54)86)70(120-59-30-83(5,88)73(105)35(3)115-59)66-80(112)94-64(81(113)114)46-27-43(98)28-52(100)61(46)45-22-38(15-18-51(45)99)62(77(109)96-66)93-78(110)63(42)92-76(108)50(29-58(87)101)91-79(65)111/h8-20,22-28,34-36,49-50,57,59-60,62-70,72-74,82,89-90,97-100,102-106H,21,29-33,88H2,1-7H3,(H2,87,101)(H,91,111)(H,92,108)(H,93,110)(H,94,112)(H,95,107)(H,96,109)(H,113,114)/t35-,36-,49+,50-,57+,59-,60-,62+,63+,64-,65+,66-,67+,68+,69-,70+,72+,73-,74-,82-,83-,84-/m0/s1. The number of halogens is 2. The molecule has 3 saturated heterocycles. The van der Waals surface area contributed by atoms with Crippen LogP contribution in [0.5, 0.6) is 46.0 Å². The van der Waals surface area contributed by atoms with Crippen molar-refractivity contribution in [3.8, 4) is 57.1 Å². The molecule has 8 aliphatic rings. The van der Waals surface area contributed by atoms with Crippen LogP contribution in [-0.4, -0.2) is 215 Å². The summed E-state index contributed by atoms with van der Waals surface area (Å²) in [5.41, 5.74) is 7.89. The van der Waals surface area contributed by atoms with Gasteiger partial charge in [0.15, 0.2) is 36.2 Å².